The highest BCUT2D eigenvalue weighted by atomic mass is 14.9. The molecular weight excluding hydrogens is 220 g/mol. The minimum atomic E-state index is 0.661. The molecule has 1 aliphatic carbocycles. The molecule has 1 fully saturated rings. The van der Waals surface area contributed by atoms with E-state index in [4.69, 9.17) is 0 Å². The second-order valence-electron chi connectivity index (χ2n) is 5.26. The van der Waals surface area contributed by atoms with E-state index in [1.807, 2.05) is 12.1 Å². The molecule has 1 N–H and O–H groups in total. The first-order chi connectivity index (χ1) is 8.83. The molecule has 94 valence electrons. The maximum atomic E-state index is 3.61. The summed E-state index contributed by atoms with van der Waals surface area (Å²) in [4.78, 5) is 0. The van der Waals surface area contributed by atoms with Crippen LogP contribution in [0, 0.1) is 5.92 Å². The van der Waals surface area contributed by atoms with Crippen molar-refractivity contribution in [2.75, 3.05) is 0 Å². The van der Waals surface area contributed by atoms with Crippen molar-refractivity contribution < 1.29 is 0 Å². The largest absolute Gasteiger partial charge is 0.324 e. The molecule has 18 heavy (non-hydrogen) atoms. The van der Waals surface area contributed by atoms with Crippen LogP contribution in [0.25, 0.3) is 5.69 Å². The van der Waals surface area contributed by atoms with Gasteiger partial charge in [0.05, 0.1) is 0 Å². The third kappa shape index (κ3) is 2.65. The molecule has 1 atom stereocenters. The highest BCUT2D eigenvalue weighted by Crippen LogP contribution is 2.32. The first-order valence-corrected chi connectivity index (χ1v) is 6.78. The molecule has 0 amide bonds. The van der Waals surface area contributed by atoms with Crippen molar-refractivity contribution in [3.63, 3.8) is 0 Å². The Bertz CT molecular complexity index is 480. The lowest BCUT2D eigenvalue weighted by atomic mass is 10.1. The Labute approximate surface area is 109 Å². The van der Waals surface area contributed by atoms with Crippen molar-refractivity contribution in [1.82, 2.24) is 9.88 Å². The fraction of sp³-hybridized carbons (Fsp3) is 0.375. The van der Waals surface area contributed by atoms with Gasteiger partial charge in [-0.2, -0.15) is 0 Å². The Hall–Kier alpha value is -1.54. The van der Waals surface area contributed by atoms with E-state index in [2.05, 4.69) is 53.5 Å². The van der Waals surface area contributed by atoms with Gasteiger partial charge in [-0.05, 0) is 55.5 Å². The van der Waals surface area contributed by atoms with Crippen LogP contribution in [0.2, 0.25) is 0 Å². The summed E-state index contributed by atoms with van der Waals surface area (Å²) < 4.78 is 2.13. The monoisotopic (exact) mass is 240 g/mol. The maximum Gasteiger partial charge on any atom is 0.0449 e. The van der Waals surface area contributed by atoms with E-state index >= 15 is 0 Å². The smallest absolute Gasteiger partial charge is 0.0449 e. The van der Waals surface area contributed by atoms with Gasteiger partial charge in [-0.3, -0.25) is 0 Å². The molecule has 3 rings (SSSR count). The van der Waals surface area contributed by atoms with Gasteiger partial charge in [0.1, 0.15) is 0 Å². The fourth-order valence-electron chi connectivity index (χ4n) is 2.33. The number of nitrogens with one attached hydrogen (secondary N) is 1. The molecule has 1 saturated carbocycles. The normalized spacial score (nSPS) is 16.7. The van der Waals surface area contributed by atoms with Crippen LogP contribution >= 0.6 is 0 Å². The number of nitrogens with zero attached hydrogens (tertiary/aromatic N) is 1. The average Bonchev–Trinajstić information content (AvgIpc) is 3.12. The highest BCUT2D eigenvalue weighted by molar-refractivity contribution is 5.35. The van der Waals surface area contributed by atoms with Crippen LogP contribution in [-0.2, 0) is 6.54 Å². The lowest BCUT2D eigenvalue weighted by Crippen LogP contribution is -2.27. The number of hydrogen-bond acceptors (Lipinski definition) is 1. The highest BCUT2D eigenvalue weighted by Gasteiger charge is 2.27. The Balaban J connectivity index is 1.60. The van der Waals surface area contributed by atoms with Crippen molar-refractivity contribution in [3.05, 3.63) is 54.4 Å². The zero-order valence-electron chi connectivity index (χ0n) is 10.8. The van der Waals surface area contributed by atoms with E-state index in [-0.39, 0.29) is 0 Å². The molecule has 0 saturated heterocycles. The first-order valence-electron chi connectivity index (χ1n) is 6.78. The van der Waals surface area contributed by atoms with E-state index in [0.29, 0.717) is 6.04 Å². The lowest BCUT2D eigenvalue weighted by Gasteiger charge is -2.13. The Morgan fingerprint density at radius 3 is 2.44 bits per heavy atom. The Morgan fingerprint density at radius 2 is 1.83 bits per heavy atom. The van der Waals surface area contributed by atoms with Crippen LogP contribution in [0.1, 0.15) is 25.3 Å². The van der Waals surface area contributed by atoms with Gasteiger partial charge in [-0.25, -0.2) is 0 Å². The Kier molecular flexibility index (Phi) is 3.20. The van der Waals surface area contributed by atoms with Crippen LogP contribution in [0.4, 0.5) is 0 Å². The SMILES string of the molecule is C[C@@H](NCc1ccc(-n2cccc2)cc1)C1CC1. The summed E-state index contributed by atoms with van der Waals surface area (Å²) in [6, 6.07) is 13.5. The van der Waals surface area contributed by atoms with Gasteiger partial charge in [-0.1, -0.05) is 12.1 Å². The van der Waals surface area contributed by atoms with Crippen molar-refractivity contribution in [2.45, 2.75) is 32.4 Å². The number of aromatic nitrogens is 1. The number of hydrogen-bond donors (Lipinski definition) is 1. The van der Waals surface area contributed by atoms with E-state index in [1.165, 1.54) is 24.1 Å². The average molecular weight is 240 g/mol. The molecule has 0 spiro atoms. The van der Waals surface area contributed by atoms with Crippen molar-refractivity contribution in [1.29, 1.82) is 0 Å². The van der Waals surface area contributed by atoms with Crippen molar-refractivity contribution in [2.24, 2.45) is 5.92 Å². The second kappa shape index (κ2) is 4.99. The van der Waals surface area contributed by atoms with E-state index in [9.17, 15) is 0 Å². The summed E-state index contributed by atoms with van der Waals surface area (Å²) in [5, 5.41) is 3.61. The van der Waals surface area contributed by atoms with Crippen LogP contribution in [0.5, 0.6) is 0 Å². The zero-order valence-corrected chi connectivity index (χ0v) is 10.8. The minimum Gasteiger partial charge on any atom is -0.324 e. The summed E-state index contributed by atoms with van der Waals surface area (Å²) in [6.45, 7) is 3.27. The van der Waals surface area contributed by atoms with E-state index in [0.717, 1.165) is 12.5 Å². The predicted molar refractivity (Wildman–Crippen MR) is 74.8 cm³/mol. The molecule has 0 unspecified atom stereocenters. The zero-order chi connectivity index (χ0) is 12.4. The third-order valence-corrected chi connectivity index (χ3v) is 3.80. The van der Waals surface area contributed by atoms with Gasteiger partial charge < -0.3 is 9.88 Å². The van der Waals surface area contributed by atoms with Crippen LogP contribution in [0.15, 0.2) is 48.8 Å². The van der Waals surface area contributed by atoms with E-state index in [1.54, 1.807) is 0 Å². The lowest BCUT2D eigenvalue weighted by molar-refractivity contribution is 0.496. The third-order valence-electron chi connectivity index (χ3n) is 3.80. The molecule has 1 aromatic carbocycles. The van der Waals surface area contributed by atoms with Gasteiger partial charge in [0, 0.05) is 30.7 Å². The molecule has 0 bridgehead atoms. The van der Waals surface area contributed by atoms with Gasteiger partial charge in [0.15, 0.2) is 0 Å². The van der Waals surface area contributed by atoms with Gasteiger partial charge >= 0.3 is 0 Å². The molecule has 0 radical (unpaired) electrons. The topological polar surface area (TPSA) is 17.0 Å². The maximum absolute atomic E-state index is 3.61. The minimum absolute atomic E-state index is 0.661. The summed E-state index contributed by atoms with van der Waals surface area (Å²) in [7, 11) is 0. The number of benzene rings is 1. The van der Waals surface area contributed by atoms with Crippen LogP contribution < -0.4 is 5.32 Å². The fourth-order valence-corrected chi connectivity index (χ4v) is 2.33. The summed E-state index contributed by atoms with van der Waals surface area (Å²) >= 11 is 0. The van der Waals surface area contributed by atoms with Crippen LogP contribution in [-0.4, -0.2) is 10.6 Å². The van der Waals surface area contributed by atoms with Gasteiger partial charge in [-0.15, -0.1) is 0 Å². The molecule has 1 aromatic heterocycles. The summed E-state index contributed by atoms with van der Waals surface area (Å²) in [6.07, 6.45) is 6.95. The summed E-state index contributed by atoms with van der Waals surface area (Å²) in [5.41, 5.74) is 2.58. The molecule has 2 aromatic rings. The molecular formula is C16H20N2. The van der Waals surface area contributed by atoms with Crippen molar-refractivity contribution >= 4 is 0 Å². The Morgan fingerprint density at radius 1 is 1.17 bits per heavy atom. The van der Waals surface area contributed by atoms with Gasteiger partial charge in [0.2, 0.25) is 0 Å². The van der Waals surface area contributed by atoms with Gasteiger partial charge in [0.25, 0.3) is 0 Å². The number of rotatable bonds is 5. The quantitative estimate of drug-likeness (QED) is 0.848. The van der Waals surface area contributed by atoms with Crippen molar-refractivity contribution in [3.8, 4) is 5.69 Å². The second-order valence-corrected chi connectivity index (χ2v) is 5.26. The molecule has 0 aliphatic heterocycles. The molecule has 1 aliphatic rings. The first kappa shape index (κ1) is 11.5. The van der Waals surface area contributed by atoms with Crippen LogP contribution in [0.3, 0.4) is 0 Å². The standard InChI is InChI=1S/C16H20N2/c1-13(15-6-7-15)17-12-14-4-8-16(9-5-14)18-10-2-3-11-18/h2-5,8-11,13,15,17H,6-7,12H2,1H3/t13-/m1/s1. The van der Waals surface area contributed by atoms with E-state index < -0.39 is 0 Å². The molecule has 2 heteroatoms. The predicted octanol–water partition coefficient (Wildman–Crippen LogP) is 3.37. The molecule has 2 nitrogen and oxygen atoms in total. The molecule has 1 heterocycles. The summed E-state index contributed by atoms with van der Waals surface area (Å²) in [5.74, 6) is 0.921.